The maximum atomic E-state index is 12.2. The van der Waals surface area contributed by atoms with E-state index >= 15 is 0 Å². The van der Waals surface area contributed by atoms with Crippen LogP contribution in [-0.4, -0.2) is 22.9 Å². The van der Waals surface area contributed by atoms with E-state index in [4.69, 9.17) is 16.3 Å². The number of nitrogens with zero attached hydrogens (tertiary/aromatic N) is 2. The Balaban J connectivity index is 2.14. The highest BCUT2D eigenvalue weighted by atomic mass is 35.5. The largest absolute Gasteiger partial charge is 0.485 e. The normalized spacial score (nSPS) is 11.2. The molecule has 0 fully saturated rings. The summed E-state index contributed by atoms with van der Waals surface area (Å²) < 4.78 is 11.5. The molecule has 0 aliphatic carbocycles. The zero-order chi connectivity index (χ0) is 17.9. The molecule has 1 aromatic carbocycles. The summed E-state index contributed by atoms with van der Waals surface area (Å²) in [4.78, 5) is 23.6. The molecule has 0 unspecified atom stereocenters. The Labute approximate surface area is 145 Å². The molecule has 0 atom stereocenters. The lowest BCUT2D eigenvalue weighted by atomic mass is 10.1. The third-order valence-corrected chi connectivity index (χ3v) is 3.64. The Kier molecular flexibility index (Phi) is 5.29. The molecule has 128 valence electrons. The zero-order valence-electron chi connectivity index (χ0n) is 14.0. The lowest BCUT2D eigenvalue weighted by Gasteiger charge is -2.21. The molecule has 0 saturated carbocycles. The highest BCUT2D eigenvalue weighted by Gasteiger charge is 2.20. The number of carbonyl (C=O) groups is 1. The summed E-state index contributed by atoms with van der Waals surface area (Å²) in [5.41, 5.74) is 0.401. The SMILES string of the molecule is COC(=O)c1ccc(COc2cnn(C(C)(C)C)c(=O)c2Cl)cc1. The van der Waals surface area contributed by atoms with E-state index < -0.39 is 17.1 Å². The predicted molar refractivity (Wildman–Crippen MR) is 90.6 cm³/mol. The van der Waals surface area contributed by atoms with Gasteiger partial charge in [0, 0.05) is 0 Å². The van der Waals surface area contributed by atoms with Gasteiger partial charge in [-0.25, -0.2) is 9.48 Å². The smallest absolute Gasteiger partial charge is 0.337 e. The predicted octanol–water partition coefficient (Wildman–Crippen LogP) is 3.02. The maximum Gasteiger partial charge on any atom is 0.337 e. The molecule has 0 N–H and O–H groups in total. The average Bonchev–Trinajstić information content (AvgIpc) is 2.54. The molecule has 7 heteroatoms. The molecule has 0 aliphatic rings. The molecular formula is C17H19ClN2O4. The molecular weight excluding hydrogens is 332 g/mol. The minimum Gasteiger partial charge on any atom is -0.485 e. The van der Waals surface area contributed by atoms with Crippen LogP contribution in [-0.2, 0) is 16.9 Å². The van der Waals surface area contributed by atoms with Crippen LogP contribution in [0.5, 0.6) is 5.75 Å². The third kappa shape index (κ3) is 3.94. The number of benzene rings is 1. The summed E-state index contributed by atoms with van der Waals surface area (Å²) in [6.45, 7) is 5.78. The molecule has 0 saturated heterocycles. The quantitative estimate of drug-likeness (QED) is 0.793. The summed E-state index contributed by atoms with van der Waals surface area (Å²) in [6.07, 6.45) is 1.43. The van der Waals surface area contributed by atoms with Crippen molar-refractivity contribution in [3.63, 3.8) is 0 Å². The van der Waals surface area contributed by atoms with Gasteiger partial charge in [-0.05, 0) is 38.5 Å². The van der Waals surface area contributed by atoms with Crippen LogP contribution < -0.4 is 10.3 Å². The summed E-state index contributed by atoms with van der Waals surface area (Å²) in [7, 11) is 1.33. The number of hydrogen-bond acceptors (Lipinski definition) is 5. The maximum absolute atomic E-state index is 12.2. The van der Waals surface area contributed by atoms with E-state index in [2.05, 4.69) is 9.84 Å². The van der Waals surface area contributed by atoms with E-state index in [1.165, 1.54) is 18.0 Å². The molecule has 0 spiro atoms. The lowest BCUT2D eigenvalue weighted by molar-refractivity contribution is 0.0600. The van der Waals surface area contributed by atoms with E-state index in [0.717, 1.165) is 5.56 Å². The van der Waals surface area contributed by atoms with Gasteiger partial charge in [0.2, 0.25) is 0 Å². The lowest BCUT2D eigenvalue weighted by Crippen LogP contribution is -2.36. The first-order valence-electron chi connectivity index (χ1n) is 7.32. The Morgan fingerprint density at radius 1 is 1.25 bits per heavy atom. The van der Waals surface area contributed by atoms with Crippen molar-refractivity contribution in [3.05, 3.63) is 57.0 Å². The van der Waals surface area contributed by atoms with Crippen molar-refractivity contribution >= 4 is 17.6 Å². The number of ether oxygens (including phenoxy) is 2. The molecule has 6 nitrogen and oxygen atoms in total. The number of aromatic nitrogens is 2. The number of esters is 1. The van der Waals surface area contributed by atoms with Crippen molar-refractivity contribution in [2.45, 2.75) is 32.9 Å². The Hall–Kier alpha value is -2.34. The van der Waals surface area contributed by atoms with E-state index in [1.54, 1.807) is 24.3 Å². The monoisotopic (exact) mass is 350 g/mol. The minimum atomic E-state index is -0.469. The number of halogens is 1. The van der Waals surface area contributed by atoms with Crippen molar-refractivity contribution in [2.75, 3.05) is 7.11 Å². The molecule has 24 heavy (non-hydrogen) atoms. The third-order valence-electron chi connectivity index (χ3n) is 3.29. The van der Waals surface area contributed by atoms with Gasteiger partial charge in [0.05, 0.1) is 24.4 Å². The van der Waals surface area contributed by atoms with Crippen LogP contribution >= 0.6 is 11.6 Å². The fourth-order valence-corrected chi connectivity index (χ4v) is 2.20. The number of carbonyl (C=O) groups excluding carboxylic acids is 1. The van der Waals surface area contributed by atoms with Gasteiger partial charge in [-0.1, -0.05) is 23.7 Å². The highest BCUT2D eigenvalue weighted by molar-refractivity contribution is 6.31. The van der Waals surface area contributed by atoms with E-state index in [-0.39, 0.29) is 17.4 Å². The fraction of sp³-hybridized carbons (Fsp3) is 0.353. The second kappa shape index (κ2) is 7.05. The van der Waals surface area contributed by atoms with Gasteiger partial charge in [0.1, 0.15) is 6.61 Å². The van der Waals surface area contributed by atoms with Gasteiger partial charge in [-0.15, -0.1) is 0 Å². The molecule has 0 radical (unpaired) electrons. The van der Waals surface area contributed by atoms with E-state index in [9.17, 15) is 9.59 Å². The van der Waals surface area contributed by atoms with Crippen LogP contribution in [0.15, 0.2) is 35.3 Å². The first kappa shape index (κ1) is 18.0. The summed E-state index contributed by atoms with van der Waals surface area (Å²) in [5, 5.41) is 4.10. The van der Waals surface area contributed by atoms with Crippen LogP contribution in [0, 0.1) is 0 Å². The van der Waals surface area contributed by atoms with Crippen LogP contribution in [0.4, 0.5) is 0 Å². The number of methoxy groups -OCH3 is 1. The summed E-state index contributed by atoms with van der Waals surface area (Å²) in [5.74, 6) is -0.181. The molecule has 0 bridgehead atoms. The van der Waals surface area contributed by atoms with Gasteiger partial charge >= 0.3 is 5.97 Å². The molecule has 0 amide bonds. The van der Waals surface area contributed by atoms with Gasteiger partial charge in [0.15, 0.2) is 10.8 Å². The standard InChI is InChI=1S/C17H19ClN2O4/c1-17(2,3)20-15(21)14(18)13(9-19-20)24-10-11-5-7-12(8-6-11)16(22)23-4/h5-9H,10H2,1-4H3. The van der Waals surface area contributed by atoms with Crippen LogP contribution in [0.3, 0.4) is 0 Å². The second-order valence-electron chi connectivity index (χ2n) is 6.19. The molecule has 0 aliphatic heterocycles. The van der Waals surface area contributed by atoms with Crippen LogP contribution in [0.25, 0.3) is 0 Å². The Morgan fingerprint density at radius 3 is 2.42 bits per heavy atom. The highest BCUT2D eigenvalue weighted by Crippen LogP contribution is 2.21. The van der Waals surface area contributed by atoms with Crippen molar-refractivity contribution < 1.29 is 14.3 Å². The number of hydrogen-bond donors (Lipinski definition) is 0. The zero-order valence-corrected chi connectivity index (χ0v) is 14.8. The Bertz CT molecular complexity index is 792. The Morgan fingerprint density at radius 2 is 1.88 bits per heavy atom. The number of rotatable bonds is 4. The van der Waals surface area contributed by atoms with Gasteiger partial charge in [-0.2, -0.15) is 5.10 Å². The topological polar surface area (TPSA) is 70.4 Å². The second-order valence-corrected chi connectivity index (χ2v) is 6.57. The van der Waals surface area contributed by atoms with Gasteiger partial charge in [-0.3, -0.25) is 4.79 Å². The minimum absolute atomic E-state index is 0.00824. The van der Waals surface area contributed by atoms with Crippen molar-refractivity contribution in [1.82, 2.24) is 9.78 Å². The van der Waals surface area contributed by atoms with Crippen molar-refractivity contribution in [3.8, 4) is 5.75 Å². The van der Waals surface area contributed by atoms with Crippen LogP contribution in [0.1, 0.15) is 36.7 Å². The van der Waals surface area contributed by atoms with E-state index in [0.29, 0.717) is 5.56 Å². The van der Waals surface area contributed by atoms with Crippen molar-refractivity contribution in [1.29, 1.82) is 0 Å². The van der Waals surface area contributed by atoms with Crippen LogP contribution in [0.2, 0.25) is 5.02 Å². The van der Waals surface area contributed by atoms with E-state index in [1.807, 2.05) is 20.8 Å². The summed E-state index contributed by atoms with van der Waals surface area (Å²) >= 11 is 6.10. The van der Waals surface area contributed by atoms with Gasteiger partial charge in [0.25, 0.3) is 5.56 Å². The molecule has 2 aromatic rings. The summed E-state index contributed by atoms with van der Waals surface area (Å²) in [6, 6.07) is 6.76. The molecule has 1 heterocycles. The molecule has 1 aromatic heterocycles. The molecule has 2 rings (SSSR count). The average molecular weight is 351 g/mol. The first-order chi connectivity index (χ1) is 11.2. The van der Waals surface area contributed by atoms with Gasteiger partial charge < -0.3 is 9.47 Å². The van der Waals surface area contributed by atoms with Crippen molar-refractivity contribution in [2.24, 2.45) is 0 Å². The fourth-order valence-electron chi connectivity index (χ4n) is 2.01. The first-order valence-corrected chi connectivity index (χ1v) is 7.70.